The van der Waals surface area contributed by atoms with Crippen LogP contribution in [0.15, 0.2) is 58.1 Å². The van der Waals surface area contributed by atoms with Gasteiger partial charge < -0.3 is 10.2 Å². The number of imide groups is 1. The zero-order valence-electron chi connectivity index (χ0n) is 18.0. The monoisotopic (exact) mass is 496 g/mol. The van der Waals surface area contributed by atoms with Crippen LogP contribution < -0.4 is 19.8 Å². The van der Waals surface area contributed by atoms with Crippen molar-refractivity contribution in [3.63, 3.8) is 0 Å². The first-order chi connectivity index (χ1) is 16.5. The molecule has 1 saturated heterocycles. The number of nitrogens with one attached hydrogen (secondary N) is 2. The standard InChI is InChI=1S/C24H21FN4O3S2/c25-19-14-16(26-24(32)27-34-22-4-3-11-33-22)5-8-20(19)29-21(30)13-15-12-17(28-9-1-2-10-28)6-7-18(15)23(29)31/h3-8,11-12,14H,1-2,9-10,13H2,(H2,26,27,32). The van der Waals surface area contributed by atoms with Gasteiger partial charge in [-0.2, -0.15) is 0 Å². The second kappa shape index (κ2) is 9.47. The van der Waals surface area contributed by atoms with Crippen LogP contribution in [0.4, 0.5) is 26.2 Å². The van der Waals surface area contributed by atoms with Crippen LogP contribution >= 0.6 is 23.3 Å². The molecule has 3 heterocycles. The zero-order valence-corrected chi connectivity index (χ0v) is 19.7. The van der Waals surface area contributed by atoms with Crippen LogP contribution in [-0.2, 0) is 11.2 Å². The number of nitrogens with zero attached hydrogens (tertiary/aromatic N) is 2. The molecular formula is C24H21FN4O3S2. The van der Waals surface area contributed by atoms with Gasteiger partial charge in [0.25, 0.3) is 5.91 Å². The number of halogens is 1. The van der Waals surface area contributed by atoms with Crippen molar-refractivity contribution in [2.45, 2.75) is 23.5 Å². The first-order valence-electron chi connectivity index (χ1n) is 10.8. The van der Waals surface area contributed by atoms with Gasteiger partial charge in [0.2, 0.25) is 5.91 Å². The van der Waals surface area contributed by atoms with E-state index in [1.54, 1.807) is 6.07 Å². The highest BCUT2D eigenvalue weighted by atomic mass is 32.2. The van der Waals surface area contributed by atoms with Crippen LogP contribution in [0.2, 0.25) is 0 Å². The Kier molecular flexibility index (Phi) is 6.25. The highest BCUT2D eigenvalue weighted by Gasteiger charge is 2.34. The molecule has 5 rings (SSSR count). The molecule has 0 unspecified atom stereocenters. The topological polar surface area (TPSA) is 81.8 Å². The molecule has 2 aliphatic rings. The molecule has 174 valence electrons. The molecule has 0 bridgehead atoms. The van der Waals surface area contributed by atoms with Crippen molar-refractivity contribution >= 4 is 58.2 Å². The Morgan fingerprint density at radius 1 is 1.06 bits per heavy atom. The lowest BCUT2D eigenvalue weighted by Crippen LogP contribution is -2.43. The summed E-state index contributed by atoms with van der Waals surface area (Å²) < 4.78 is 18.5. The summed E-state index contributed by atoms with van der Waals surface area (Å²) in [4.78, 5) is 41.2. The van der Waals surface area contributed by atoms with E-state index in [1.165, 1.54) is 23.5 Å². The summed E-state index contributed by atoms with van der Waals surface area (Å²) in [6.45, 7) is 1.92. The lowest BCUT2D eigenvalue weighted by Gasteiger charge is -2.28. The van der Waals surface area contributed by atoms with Crippen LogP contribution in [0, 0.1) is 5.82 Å². The van der Waals surface area contributed by atoms with Crippen molar-refractivity contribution in [2.24, 2.45) is 0 Å². The molecule has 2 N–H and O–H groups in total. The van der Waals surface area contributed by atoms with Crippen LogP contribution in [0.3, 0.4) is 0 Å². The predicted molar refractivity (Wildman–Crippen MR) is 132 cm³/mol. The van der Waals surface area contributed by atoms with E-state index >= 15 is 0 Å². The Hall–Kier alpha value is -3.37. The minimum atomic E-state index is -0.775. The smallest absolute Gasteiger partial charge is 0.329 e. The molecule has 2 aliphatic heterocycles. The van der Waals surface area contributed by atoms with Gasteiger partial charge in [-0.05, 0) is 78.2 Å². The molecule has 10 heteroatoms. The van der Waals surface area contributed by atoms with E-state index in [2.05, 4.69) is 14.9 Å². The maximum absolute atomic E-state index is 15.0. The minimum Gasteiger partial charge on any atom is -0.372 e. The van der Waals surface area contributed by atoms with Gasteiger partial charge in [0.1, 0.15) is 5.82 Å². The third-order valence-electron chi connectivity index (χ3n) is 5.77. The number of amides is 4. The van der Waals surface area contributed by atoms with Gasteiger partial charge in [-0.25, -0.2) is 14.1 Å². The fourth-order valence-electron chi connectivity index (χ4n) is 4.17. The number of hydrogen-bond acceptors (Lipinski definition) is 6. The van der Waals surface area contributed by atoms with Gasteiger partial charge in [-0.1, -0.05) is 6.07 Å². The maximum Gasteiger partial charge on any atom is 0.329 e. The number of carbonyl (C=O) groups excluding carboxylic acids is 3. The van der Waals surface area contributed by atoms with E-state index in [1.807, 2.05) is 29.6 Å². The van der Waals surface area contributed by atoms with Crippen LogP contribution in [0.5, 0.6) is 0 Å². The normalized spacial score (nSPS) is 15.4. The lowest BCUT2D eigenvalue weighted by atomic mass is 9.96. The number of fused-ring (bicyclic) bond motifs is 1. The van der Waals surface area contributed by atoms with Crippen molar-refractivity contribution < 1.29 is 18.8 Å². The Morgan fingerprint density at radius 3 is 2.62 bits per heavy atom. The van der Waals surface area contributed by atoms with Gasteiger partial charge in [-0.3, -0.25) is 14.3 Å². The summed E-state index contributed by atoms with van der Waals surface area (Å²) in [5.74, 6) is -1.81. The molecule has 7 nitrogen and oxygen atoms in total. The van der Waals surface area contributed by atoms with Crippen LogP contribution in [-0.4, -0.2) is 30.9 Å². The molecule has 0 radical (unpaired) electrons. The highest BCUT2D eigenvalue weighted by Crippen LogP contribution is 2.32. The quantitative estimate of drug-likeness (QED) is 0.382. The molecule has 2 aromatic carbocycles. The molecule has 34 heavy (non-hydrogen) atoms. The predicted octanol–water partition coefficient (Wildman–Crippen LogP) is 5.05. The molecule has 1 aromatic heterocycles. The minimum absolute atomic E-state index is 0.0184. The molecule has 4 amide bonds. The van der Waals surface area contributed by atoms with Gasteiger partial charge in [-0.15, -0.1) is 11.3 Å². The molecule has 0 atom stereocenters. The Bertz CT molecular complexity index is 1260. The van der Waals surface area contributed by atoms with Gasteiger partial charge in [0, 0.05) is 30.0 Å². The third kappa shape index (κ3) is 4.51. The van der Waals surface area contributed by atoms with Gasteiger partial charge in [0.15, 0.2) is 0 Å². The highest BCUT2D eigenvalue weighted by molar-refractivity contribution is 7.99. The second-order valence-corrected chi connectivity index (χ2v) is 10.1. The van der Waals surface area contributed by atoms with Crippen molar-refractivity contribution in [3.05, 3.63) is 70.9 Å². The van der Waals surface area contributed by atoms with Crippen LogP contribution in [0.1, 0.15) is 28.8 Å². The molecule has 0 saturated carbocycles. The molecule has 1 fully saturated rings. The molecule has 0 spiro atoms. The van der Waals surface area contributed by atoms with E-state index in [4.69, 9.17) is 0 Å². The molecular weight excluding hydrogens is 475 g/mol. The van der Waals surface area contributed by atoms with E-state index < -0.39 is 23.7 Å². The summed E-state index contributed by atoms with van der Waals surface area (Å²) in [7, 11) is 0. The van der Waals surface area contributed by atoms with Gasteiger partial charge >= 0.3 is 6.03 Å². The fourth-order valence-corrected chi connectivity index (χ4v) is 5.49. The van der Waals surface area contributed by atoms with E-state index in [0.29, 0.717) is 11.1 Å². The van der Waals surface area contributed by atoms with Crippen molar-refractivity contribution in [2.75, 3.05) is 28.2 Å². The van der Waals surface area contributed by atoms with Crippen molar-refractivity contribution in [1.29, 1.82) is 0 Å². The SMILES string of the molecule is O=C(NSc1cccs1)Nc1ccc(N2C(=O)Cc3cc(N4CCCC4)ccc3C2=O)c(F)c1. The maximum atomic E-state index is 15.0. The van der Waals surface area contributed by atoms with E-state index in [9.17, 15) is 18.8 Å². The molecule has 3 aromatic rings. The molecule has 0 aliphatic carbocycles. The summed E-state index contributed by atoms with van der Waals surface area (Å²) in [5, 5.41) is 4.44. The number of thiophene rings is 1. The summed E-state index contributed by atoms with van der Waals surface area (Å²) in [5.41, 5.74) is 2.13. The third-order valence-corrected chi connectivity index (χ3v) is 7.60. The van der Waals surface area contributed by atoms with E-state index in [-0.39, 0.29) is 17.8 Å². The van der Waals surface area contributed by atoms with Crippen molar-refractivity contribution in [1.82, 2.24) is 4.72 Å². The van der Waals surface area contributed by atoms with Gasteiger partial charge in [0.05, 0.1) is 16.3 Å². The Labute approximate surface area is 204 Å². The largest absolute Gasteiger partial charge is 0.372 e. The second-order valence-electron chi connectivity index (χ2n) is 8.00. The van der Waals surface area contributed by atoms with Crippen LogP contribution in [0.25, 0.3) is 0 Å². The lowest BCUT2D eigenvalue weighted by molar-refractivity contribution is -0.117. The zero-order chi connectivity index (χ0) is 23.7. The van der Waals surface area contributed by atoms with Crippen molar-refractivity contribution in [3.8, 4) is 0 Å². The number of carbonyl (C=O) groups is 3. The average Bonchev–Trinajstić information content (AvgIpc) is 3.53. The van der Waals surface area contributed by atoms with E-state index in [0.717, 1.165) is 58.7 Å². The first-order valence-corrected chi connectivity index (χ1v) is 12.5. The number of urea groups is 1. The summed E-state index contributed by atoms with van der Waals surface area (Å²) in [6, 6.07) is 12.6. The number of anilines is 3. The fraction of sp³-hybridized carbons (Fsp3) is 0.208. The number of hydrogen-bond donors (Lipinski definition) is 2. The summed E-state index contributed by atoms with van der Waals surface area (Å²) in [6.07, 6.45) is 2.27. The Morgan fingerprint density at radius 2 is 1.88 bits per heavy atom. The Balaban J connectivity index is 1.31. The number of rotatable bonds is 5. The average molecular weight is 497 g/mol. The summed E-state index contributed by atoms with van der Waals surface area (Å²) >= 11 is 2.63. The number of benzene rings is 2. The first kappa shape index (κ1) is 22.4.